The number of rotatable bonds is 3. The van der Waals surface area contributed by atoms with E-state index in [0.717, 1.165) is 42.0 Å². The van der Waals surface area contributed by atoms with Gasteiger partial charge in [-0.15, -0.1) is 0 Å². The molecule has 6 atom stereocenters. The van der Waals surface area contributed by atoms with Crippen molar-refractivity contribution in [1.82, 2.24) is 5.16 Å². The molecule has 4 aliphatic rings. The fourth-order valence-corrected chi connectivity index (χ4v) is 7.24. The zero-order valence-corrected chi connectivity index (χ0v) is 19.1. The van der Waals surface area contributed by atoms with Crippen LogP contribution in [0.25, 0.3) is 0 Å². The predicted octanol–water partition coefficient (Wildman–Crippen LogP) is 4.00. The smallest absolute Gasteiger partial charge is 0.150 e. The second kappa shape index (κ2) is 8.80. The Morgan fingerprint density at radius 1 is 1.16 bits per heavy atom. The van der Waals surface area contributed by atoms with Gasteiger partial charge in [0.05, 0.1) is 18.3 Å². The normalized spacial score (nSPS) is 39.0. The van der Waals surface area contributed by atoms with Gasteiger partial charge in [0.1, 0.15) is 0 Å². The van der Waals surface area contributed by atoms with Crippen LogP contribution in [-0.4, -0.2) is 33.8 Å². The number of nitrogens with zero attached hydrogens (tertiary/aromatic N) is 1. The number of allylic oxidation sites excluding steroid dienone is 2. The predicted molar refractivity (Wildman–Crippen MR) is 121 cm³/mol. The fraction of sp³-hybridized carbons (Fsp3) is 0.760. The van der Waals surface area contributed by atoms with Gasteiger partial charge in [-0.05, 0) is 86.0 Å². The second-order valence-electron chi connectivity index (χ2n) is 10.6. The van der Waals surface area contributed by atoms with Crippen LogP contribution in [0.4, 0.5) is 0 Å². The number of aliphatic hydroxyl groups is 2. The number of aliphatic hydroxyl groups excluding tert-OH is 2. The van der Waals surface area contributed by atoms with Gasteiger partial charge in [0, 0.05) is 24.8 Å². The molecule has 0 bridgehead atoms. The van der Waals surface area contributed by atoms with Crippen molar-refractivity contribution in [2.45, 2.75) is 84.3 Å². The Labute approximate surface area is 185 Å². The van der Waals surface area contributed by atoms with Crippen LogP contribution in [-0.2, 0) is 13.0 Å². The average Bonchev–Trinajstić information content (AvgIpc) is 3.33. The maximum atomic E-state index is 10.5. The lowest BCUT2D eigenvalue weighted by Crippen LogP contribution is -2.51. The van der Waals surface area contributed by atoms with Gasteiger partial charge in [0.25, 0.3) is 0 Å². The van der Waals surface area contributed by atoms with Gasteiger partial charge in [-0.1, -0.05) is 24.6 Å². The first kappa shape index (κ1) is 22.7. The summed E-state index contributed by atoms with van der Waals surface area (Å²) in [7, 11) is 0. The summed E-state index contributed by atoms with van der Waals surface area (Å²) in [6.45, 7) is 5.29. The SMILES string of the molecule is C[C@]12CCC3C(CCC4=CC(=N)CC[C@@]43C)C1CCC2O.NCc1cc(CCO)no1. The van der Waals surface area contributed by atoms with Crippen molar-refractivity contribution in [3.05, 3.63) is 29.2 Å². The summed E-state index contributed by atoms with van der Waals surface area (Å²) >= 11 is 0. The number of hydrogen-bond donors (Lipinski definition) is 4. The molecule has 3 fully saturated rings. The van der Waals surface area contributed by atoms with Gasteiger partial charge in [-0.25, -0.2) is 0 Å². The number of hydrogen-bond acceptors (Lipinski definition) is 6. The lowest BCUT2D eigenvalue weighted by molar-refractivity contribution is -0.0721. The van der Waals surface area contributed by atoms with Crippen molar-refractivity contribution in [2.24, 2.45) is 34.3 Å². The van der Waals surface area contributed by atoms with Crippen LogP contribution in [0, 0.1) is 34.0 Å². The van der Waals surface area contributed by atoms with E-state index in [4.69, 9.17) is 20.8 Å². The Kier molecular flexibility index (Phi) is 6.44. The van der Waals surface area contributed by atoms with Crippen LogP contribution < -0.4 is 5.73 Å². The molecular formula is C25H39N3O3. The van der Waals surface area contributed by atoms with Gasteiger partial charge in [0.2, 0.25) is 0 Å². The first-order chi connectivity index (χ1) is 14.8. The Hall–Kier alpha value is -1.50. The highest BCUT2D eigenvalue weighted by Crippen LogP contribution is 2.65. The fourth-order valence-electron chi connectivity index (χ4n) is 7.24. The third-order valence-electron chi connectivity index (χ3n) is 9.13. The van der Waals surface area contributed by atoms with E-state index in [1.807, 2.05) is 0 Å². The second-order valence-corrected chi connectivity index (χ2v) is 10.6. The molecule has 0 saturated heterocycles. The Balaban J connectivity index is 0.000000196. The van der Waals surface area contributed by atoms with Crippen LogP contribution in [0.15, 0.2) is 22.2 Å². The third kappa shape index (κ3) is 4.03. The molecule has 6 nitrogen and oxygen atoms in total. The van der Waals surface area contributed by atoms with Gasteiger partial charge < -0.3 is 25.9 Å². The maximum absolute atomic E-state index is 10.5. The molecule has 1 aromatic heterocycles. The highest BCUT2D eigenvalue weighted by molar-refractivity contribution is 5.94. The summed E-state index contributed by atoms with van der Waals surface area (Å²) < 4.78 is 4.78. The summed E-state index contributed by atoms with van der Waals surface area (Å²) in [5.41, 5.74) is 8.98. The van der Waals surface area contributed by atoms with Crippen molar-refractivity contribution in [3.8, 4) is 0 Å². The minimum Gasteiger partial charge on any atom is -0.396 e. The van der Waals surface area contributed by atoms with E-state index in [-0.39, 0.29) is 18.1 Å². The largest absolute Gasteiger partial charge is 0.396 e. The van der Waals surface area contributed by atoms with Crippen LogP contribution in [0.3, 0.4) is 0 Å². The summed E-state index contributed by atoms with van der Waals surface area (Å²) in [5, 5.41) is 30.6. The van der Waals surface area contributed by atoms with Crippen LogP contribution in [0.5, 0.6) is 0 Å². The highest BCUT2D eigenvalue weighted by atomic mass is 16.5. The number of nitrogens with two attached hydrogens (primary N) is 1. The first-order valence-electron chi connectivity index (χ1n) is 12.0. The molecule has 0 radical (unpaired) electrons. The minimum absolute atomic E-state index is 0.0623. The Morgan fingerprint density at radius 3 is 2.68 bits per heavy atom. The molecule has 5 rings (SSSR count). The maximum Gasteiger partial charge on any atom is 0.150 e. The first-order valence-corrected chi connectivity index (χ1v) is 12.0. The molecule has 0 aromatic carbocycles. The van der Waals surface area contributed by atoms with E-state index in [1.54, 1.807) is 11.6 Å². The topological polar surface area (TPSA) is 116 Å². The number of nitrogens with one attached hydrogen (secondary N) is 1. The quantitative estimate of drug-likeness (QED) is 0.579. The van der Waals surface area contributed by atoms with E-state index >= 15 is 0 Å². The van der Waals surface area contributed by atoms with Crippen LogP contribution >= 0.6 is 0 Å². The molecule has 4 aliphatic carbocycles. The molecule has 0 aliphatic heterocycles. The molecule has 31 heavy (non-hydrogen) atoms. The van der Waals surface area contributed by atoms with Crippen molar-refractivity contribution >= 4 is 5.71 Å². The highest BCUT2D eigenvalue weighted by Gasteiger charge is 2.58. The van der Waals surface area contributed by atoms with Gasteiger partial charge >= 0.3 is 0 Å². The van der Waals surface area contributed by atoms with Gasteiger partial charge in [-0.3, -0.25) is 0 Å². The molecule has 172 valence electrons. The van der Waals surface area contributed by atoms with Crippen molar-refractivity contribution in [1.29, 1.82) is 5.41 Å². The van der Waals surface area contributed by atoms with Crippen molar-refractivity contribution in [3.63, 3.8) is 0 Å². The summed E-state index contributed by atoms with van der Waals surface area (Å²) in [6.07, 6.45) is 12.1. The molecule has 0 amide bonds. The lowest BCUT2D eigenvalue weighted by Gasteiger charge is -2.57. The van der Waals surface area contributed by atoms with E-state index in [1.165, 1.54) is 38.5 Å². The van der Waals surface area contributed by atoms with E-state index in [9.17, 15) is 5.11 Å². The van der Waals surface area contributed by atoms with Gasteiger partial charge in [-0.2, -0.15) is 0 Å². The van der Waals surface area contributed by atoms with E-state index < -0.39 is 0 Å². The average molecular weight is 430 g/mol. The van der Waals surface area contributed by atoms with Crippen LogP contribution in [0.2, 0.25) is 0 Å². The molecule has 6 heteroatoms. The van der Waals surface area contributed by atoms with Crippen LogP contribution in [0.1, 0.15) is 76.7 Å². The molecule has 0 spiro atoms. The monoisotopic (exact) mass is 429 g/mol. The third-order valence-corrected chi connectivity index (χ3v) is 9.13. The minimum atomic E-state index is -0.0623. The van der Waals surface area contributed by atoms with E-state index in [2.05, 4.69) is 25.1 Å². The molecule has 1 heterocycles. The zero-order valence-electron chi connectivity index (χ0n) is 19.1. The molecular weight excluding hydrogens is 390 g/mol. The summed E-state index contributed by atoms with van der Waals surface area (Å²) in [4.78, 5) is 0. The standard InChI is InChI=1S/C19H29NO.C6H10N2O2/c1-18-9-7-13(20)11-12(18)3-4-14-15-5-6-17(21)19(15,2)10-8-16(14)18;7-4-6-3-5(1-2-9)8-10-6/h11,14-17,20-21H,3-10H2,1-2H3;3,9H,1-2,4,7H2/t14?,15?,16?,17?,18-,19-;/m0./s1. The molecule has 4 unspecified atom stereocenters. The van der Waals surface area contributed by atoms with E-state index in [0.29, 0.717) is 24.1 Å². The Bertz CT molecular complexity index is 834. The summed E-state index contributed by atoms with van der Waals surface area (Å²) in [5.74, 6) is 3.01. The van der Waals surface area contributed by atoms with Crippen molar-refractivity contribution < 1.29 is 14.7 Å². The summed E-state index contributed by atoms with van der Waals surface area (Å²) in [6, 6.07) is 1.75. The molecule has 1 aromatic rings. The zero-order chi connectivity index (χ0) is 22.2. The number of aromatic nitrogens is 1. The lowest BCUT2D eigenvalue weighted by atomic mass is 9.47. The Morgan fingerprint density at radius 2 is 1.97 bits per heavy atom. The molecule has 5 N–H and O–H groups in total. The number of fused-ring (bicyclic) bond motifs is 5. The van der Waals surface area contributed by atoms with Gasteiger partial charge in [0.15, 0.2) is 5.76 Å². The molecule has 3 saturated carbocycles. The van der Waals surface area contributed by atoms with Crippen molar-refractivity contribution in [2.75, 3.05) is 6.61 Å².